The van der Waals surface area contributed by atoms with Gasteiger partial charge < -0.3 is 15.1 Å². The van der Waals surface area contributed by atoms with E-state index in [1.165, 1.54) is 6.07 Å². The zero-order valence-corrected chi connectivity index (χ0v) is 21.9. The lowest BCUT2D eigenvalue weighted by atomic mass is 10.0. The standard InChI is InChI=1S/C27H28BrN5O4/c28-19-15-22(26(34)31-12-4-1-5-13-31)24(23(16-19)33(36)37)30-20-8-6-14-32(17-20)27(35)25-21-9-3-2-7-18(21)10-11-29-25/h2-3,7,9-11,15-16,20,30H,1,4-6,8,12-14,17H2/t20-/m1/s1. The molecule has 5 rings (SSSR count). The second-order valence-corrected chi connectivity index (χ2v) is 10.5. The Morgan fingerprint density at radius 1 is 1.00 bits per heavy atom. The SMILES string of the molecule is O=C(c1cc(Br)cc([N+](=O)[O-])c1N[C@@H]1CCCN(C(=O)c2nccc3ccccc23)C1)N1CCCCC1. The number of pyridine rings is 1. The number of nitro benzene ring substituents is 1. The van der Waals surface area contributed by atoms with Crippen LogP contribution in [-0.2, 0) is 0 Å². The molecule has 0 aliphatic carbocycles. The second kappa shape index (κ2) is 10.8. The first-order valence-corrected chi connectivity index (χ1v) is 13.4. The minimum atomic E-state index is -0.466. The van der Waals surface area contributed by atoms with E-state index in [9.17, 15) is 19.7 Å². The number of amides is 2. The van der Waals surface area contributed by atoms with Crippen molar-refractivity contribution in [1.29, 1.82) is 0 Å². The van der Waals surface area contributed by atoms with Gasteiger partial charge in [-0.15, -0.1) is 0 Å². The number of rotatable bonds is 5. The number of carbonyl (C=O) groups excluding carboxylic acids is 2. The minimum Gasteiger partial charge on any atom is -0.374 e. The molecule has 9 nitrogen and oxygen atoms in total. The number of nitrogens with zero attached hydrogens (tertiary/aromatic N) is 4. The van der Waals surface area contributed by atoms with Crippen LogP contribution in [0.15, 0.2) is 53.1 Å². The zero-order valence-electron chi connectivity index (χ0n) is 20.4. The summed E-state index contributed by atoms with van der Waals surface area (Å²) in [5.74, 6) is -0.381. The number of hydrogen-bond donors (Lipinski definition) is 1. The second-order valence-electron chi connectivity index (χ2n) is 9.57. The quantitative estimate of drug-likeness (QED) is 0.334. The minimum absolute atomic E-state index is 0.158. The van der Waals surface area contributed by atoms with Crippen LogP contribution in [0.2, 0.25) is 0 Å². The molecule has 2 aliphatic heterocycles. The van der Waals surface area contributed by atoms with E-state index in [4.69, 9.17) is 0 Å². The third kappa shape index (κ3) is 5.29. The lowest BCUT2D eigenvalue weighted by Gasteiger charge is -2.34. The molecule has 37 heavy (non-hydrogen) atoms. The summed E-state index contributed by atoms with van der Waals surface area (Å²) in [6, 6.07) is 12.3. The molecule has 0 bridgehead atoms. The van der Waals surface area contributed by atoms with E-state index in [0.717, 1.165) is 42.9 Å². The fourth-order valence-electron chi connectivity index (χ4n) is 5.25. The largest absolute Gasteiger partial charge is 0.374 e. The maximum atomic E-state index is 13.5. The average molecular weight is 566 g/mol. The summed E-state index contributed by atoms with van der Waals surface area (Å²) in [5, 5.41) is 17.0. The van der Waals surface area contributed by atoms with Gasteiger partial charge >= 0.3 is 0 Å². The van der Waals surface area contributed by atoms with Crippen molar-refractivity contribution in [3.05, 3.63) is 74.5 Å². The molecular formula is C27H28BrN5O4. The summed E-state index contributed by atoms with van der Waals surface area (Å²) in [6.45, 7) is 2.21. The number of likely N-dealkylation sites (tertiary alicyclic amines) is 2. The fraction of sp³-hybridized carbons (Fsp3) is 0.370. The topological polar surface area (TPSA) is 109 Å². The molecule has 2 fully saturated rings. The number of aromatic nitrogens is 1. The number of nitro groups is 1. The number of carbonyl (C=O) groups is 2. The number of hydrogen-bond acceptors (Lipinski definition) is 6. The molecular weight excluding hydrogens is 538 g/mol. The highest BCUT2D eigenvalue weighted by Gasteiger charge is 2.31. The van der Waals surface area contributed by atoms with Crippen LogP contribution in [0.5, 0.6) is 0 Å². The Bertz CT molecular complexity index is 1350. The summed E-state index contributed by atoms with van der Waals surface area (Å²) in [4.78, 5) is 46.3. The Labute approximate surface area is 223 Å². The Hall–Kier alpha value is -3.53. The normalized spacial score (nSPS) is 18.0. The highest BCUT2D eigenvalue weighted by molar-refractivity contribution is 9.10. The van der Waals surface area contributed by atoms with Gasteiger partial charge in [0, 0.05) is 54.3 Å². The van der Waals surface area contributed by atoms with E-state index in [1.54, 1.807) is 22.1 Å². The molecule has 0 unspecified atom stereocenters. The van der Waals surface area contributed by atoms with Crippen LogP contribution in [0, 0.1) is 10.1 Å². The average Bonchev–Trinajstić information content (AvgIpc) is 2.93. The van der Waals surface area contributed by atoms with Gasteiger partial charge in [0.2, 0.25) is 0 Å². The van der Waals surface area contributed by atoms with Crippen LogP contribution in [0.25, 0.3) is 10.8 Å². The molecule has 10 heteroatoms. The van der Waals surface area contributed by atoms with E-state index in [0.29, 0.717) is 36.3 Å². The Kier molecular flexibility index (Phi) is 7.36. The van der Waals surface area contributed by atoms with Gasteiger partial charge in [-0.2, -0.15) is 0 Å². The summed E-state index contributed by atoms with van der Waals surface area (Å²) in [7, 11) is 0. The Morgan fingerprint density at radius 3 is 2.54 bits per heavy atom. The highest BCUT2D eigenvalue weighted by atomic mass is 79.9. The van der Waals surface area contributed by atoms with Crippen molar-refractivity contribution in [3.63, 3.8) is 0 Å². The van der Waals surface area contributed by atoms with Gasteiger partial charge in [-0.25, -0.2) is 0 Å². The van der Waals surface area contributed by atoms with Crippen molar-refractivity contribution in [2.24, 2.45) is 0 Å². The predicted octanol–water partition coefficient (Wildman–Crippen LogP) is 5.25. The smallest absolute Gasteiger partial charge is 0.294 e. The van der Waals surface area contributed by atoms with Crippen molar-refractivity contribution < 1.29 is 14.5 Å². The first-order valence-electron chi connectivity index (χ1n) is 12.6. The molecule has 1 atom stereocenters. The molecule has 1 N–H and O–H groups in total. The van der Waals surface area contributed by atoms with Crippen molar-refractivity contribution in [2.75, 3.05) is 31.5 Å². The van der Waals surface area contributed by atoms with E-state index >= 15 is 0 Å². The molecule has 3 aromatic rings. The van der Waals surface area contributed by atoms with Crippen LogP contribution in [0.3, 0.4) is 0 Å². The van der Waals surface area contributed by atoms with Gasteiger partial charge in [-0.05, 0) is 49.6 Å². The molecule has 3 heterocycles. The molecule has 2 aliphatic rings. The third-order valence-electron chi connectivity index (χ3n) is 7.09. The van der Waals surface area contributed by atoms with Gasteiger partial charge in [0.15, 0.2) is 0 Å². The van der Waals surface area contributed by atoms with Crippen LogP contribution in [0.4, 0.5) is 11.4 Å². The third-order valence-corrected chi connectivity index (χ3v) is 7.54. The number of anilines is 1. The first kappa shape index (κ1) is 25.1. The molecule has 0 radical (unpaired) electrons. The monoisotopic (exact) mass is 565 g/mol. The van der Waals surface area contributed by atoms with Crippen molar-refractivity contribution in [3.8, 4) is 0 Å². The lowest BCUT2D eigenvalue weighted by molar-refractivity contribution is -0.384. The van der Waals surface area contributed by atoms with Crippen molar-refractivity contribution in [1.82, 2.24) is 14.8 Å². The maximum absolute atomic E-state index is 13.5. The molecule has 2 saturated heterocycles. The van der Waals surface area contributed by atoms with Crippen molar-refractivity contribution >= 4 is 49.9 Å². The summed E-state index contributed by atoms with van der Waals surface area (Å²) in [6.07, 6.45) is 6.01. The van der Waals surface area contributed by atoms with Crippen LogP contribution in [0.1, 0.15) is 53.0 Å². The molecule has 192 valence electrons. The van der Waals surface area contributed by atoms with E-state index in [1.807, 2.05) is 30.3 Å². The van der Waals surface area contributed by atoms with Crippen LogP contribution < -0.4 is 5.32 Å². The zero-order chi connectivity index (χ0) is 25.9. The number of halogens is 1. The van der Waals surface area contributed by atoms with E-state index < -0.39 is 4.92 Å². The van der Waals surface area contributed by atoms with E-state index in [-0.39, 0.29) is 34.8 Å². The maximum Gasteiger partial charge on any atom is 0.294 e. The summed E-state index contributed by atoms with van der Waals surface area (Å²) in [5.41, 5.74) is 0.733. The lowest BCUT2D eigenvalue weighted by Crippen LogP contribution is -2.45. The van der Waals surface area contributed by atoms with Gasteiger partial charge in [0.05, 0.1) is 10.5 Å². The molecule has 2 amide bonds. The number of benzene rings is 2. The molecule has 0 spiro atoms. The first-order chi connectivity index (χ1) is 17.9. The number of piperidine rings is 2. The Morgan fingerprint density at radius 2 is 1.76 bits per heavy atom. The number of nitrogens with one attached hydrogen (secondary N) is 1. The highest BCUT2D eigenvalue weighted by Crippen LogP contribution is 2.35. The predicted molar refractivity (Wildman–Crippen MR) is 145 cm³/mol. The molecule has 2 aromatic carbocycles. The van der Waals surface area contributed by atoms with Gasteiger partial charge in [0.1, 0.15) is 11.4 Å². The van der Waals surface area contributed by atoms with E-state index in [2.05, 4.69) is 26.2 Å². The van der Waals surface area contributed by atoms with Gasteiger partial charge in [-0.1, -0.05) is 40.2 Å². The number of fused-ring (bicyclic) bond motifs is 1. The van der Waals surface area contributed by atoms with Crippen molar-refractivity contribution in [2.45, 2.75) is 38.1 Å². The molecule has 0 saturated carbocycles. The fourth-order valence-corrected chi connectivity index (χ4v) is 5.69. The molecule has 1 aromatic heterocycles. The van der Waals surface area contributed by atoms with Crippen LogP contribution in [-0.4, -0.2) is 63.7 Å². The van der Waals surface area contributed by atoms with Gasteiger partial charge in [-0.3, -0.25) is 24.7 Å². The Balaban J connectivity index is 1.42. The summed E-state index contributed by atoms with van der Waals surface area (Å²) < 4.78 is 0.479. The summed E-state index contributed by atoms with van der Waals surface area (Å²) >= 11 is 3.34. The van der Waals surface area contributed by atoms with Gasteiger partial charge in [0.25, 0.3) is 17.5 Å². The van der Waals surface area contributed by atoms with Crippen LogP contribution >= 0.6 is 15.9 Å².